The molecule has 0 bridgehead atoms. The van der Waals surface area contributed by atoms with Crippen molar-refractivity contribution in [1.29, 1.82) is 0 Å². The summed E-state index contributed by atoms with van der Waals surface area (Å²) < 4.78 is 0. The SMILES string of the molecule is Cc1cc2nc(-c3cn[nH]c3)cc(C)c2cc1NC(=O)CN(C)C. The van der Waals surface area contributed by atoms with Crippen LogP contribution < -0.4 is 5.32 Å². The fourth-order valence-corrected chi connectivity index (χ4v) is 2.70. The number of rotatable bonds is 4. The third-order valence-electron chi connectivity index (χ3n) is 3.89. The van der Waals surface area contributed by atoms with E-state index in [4.69, 9.17) is 4.98 Å². The maximum atomic E-state index is 12.0. The molecule has 0 fully saturated rings. The summed E-state index contributed by atoms with van der Waals surface area (Å²) in [6.45, 7) is 4.38. The Morgan fingerprint density at radius 2 is 2.00 bits per heavy atom. The summed E-state index contributed by atoms with van der Waals surface area (Å²) in [6.07, 6.45) is 3.59. The molecule has 2 aromatic heterocycles. The van der Waals surface area contributed by atoms with E-state index in [2.05, 4.69) is 15.5 Å². The second-order valence-electron chi connectivity index (χ2n) is 6.28. The molecule has 124 valence electrons. The second kappa shape index (κ2) is 6.41. The number of fused-ring (bicyclic) bond motifs is 1. The molecule has 3 rings (SSSR count). The average Bonchev–Trinajstić information content (AvgIpc) is 3.02. The number of carbonyl (C=O) groups is 1. The zero-order valence-electron chi connectivity index (χ0n) is 14.3. The third-order valence-corrected chi connectivity index (χ3v) is 3.89. The lowest BCUT2D eigenvalue weighted by Crippen LogP contribution is -2.27. The van der Waals surface area contributed by atoms with E-state index in [1.165, 1.54) is 0 Å². The lowest BCUT2D eigenvalue weighted by atomic mass is 10.0. The first-order chi connectivity index (χ1) is 11.4. The molecule has 2 heterocycles. The van der Waals surface area contributed by atoms with Crippen molar-refractivity contribution in [3.8, 4) is 11.3 Å². The number of aryl methyl sites for hydroxylation is 2. The zero-order chi connectivity index (χ0) is 17.3. The highest BCUT2D eigenvalue weighted by molar-refractivity contribution is 5.97. The van der Waals surface area contributed by atoms with Gasteiger partial charge in [-0.1, -0.05) is 0 Å². The summed E-state index contributed by atoms with van der Waals surface area (Å²) in [5, 5.41) is 10.8. The van der Waals surface area contributed by atoms with Crippen molar-refractivity contribution in [3.05, 3.63) is 41.7 Å². The number of aromatic amines is 1. The second-order valence-corrected chi connectivity index (χ2v) is 6.28. The molecule has 1 aromatic carbocycles. The van der Waals surface area contributed by atoms with Gasteiger partial charge in [-0.25, -0.2) is 4.98 Å². The van der Waals surface area contributed by atoms with Crippen LogP contribution in [0.1, 0.15) is 11.1 Å². The van der Waals surface area contributed by atoms with Crippen molar-refractivity contribution in [2.45, 2.75) is 13.8 Å². The monoisotopic (exact) mass is 323 g/mol. The van der Waals surface area contributed by atoms with Gasteiger partial charge in [0.1, 0.15) is 0 Å². The molecule has 0 atom stereocenters. The summed E-state index contributed by atoms with van der Waals surface area (Å²) in [5.74, 6) is -0.0249. The van der Waals surface area contributed by atoms with Gasteiger partial charge in [0.05, 0.1) is 24.0 Å². The van der Waals surface area contributed by atoms with E-state index < -0.39 is 0 Å². The Hall–Kier alpha value is -2.73. The molecule has 0 radical (unpaired) electrons. The number of nitrogens with one attached hydrogen (secondary N) is 2. The number of pyridine rings is 1. The number of nitrogens with zero attached hydrogens (tertiary/aromatic N) is 3. The third kappa shape index (κ3) is 3.28. The van der Waals surface area contributed by atoms with Gasteiger partial charge in [0.2, 0.25) is 5.91 Å². The van der Waals surface area contributed by atoms with Crippen LogP contribution in [0.25, 0.3) is 22.2 Å². The van der Waals surface area contributed by atoms with Crippen molar-refractivity contribution in [2.24, 2.45) is 0 Å². The molecule has 0 saturated heterocycles. The molecular weight excluding hydrogens is 302 g/mol. The van der Waals surface area contributed by atoms with Crippen molar-refractivity contribution < 1.29 is 4.79 Å². The zero-order valence-corrected chi connectivity index (χ0v) is 14.3. The van der Waals surface area contributed by atoms with Gasteiger partial charge in [0, 0.05) is 22.8 Å². The van der Waals surface area contributed by atoms with Gasteiger partial charge in [-0.15, -0.1) is 0 Å². The summed E-state index contributed by atoms with van der Waals surface area (Å²) in [7, 11) is 3.75. The van der Waals surface area contributed by atoms with Gasteiger partial charge in [-0.2, -0.15) is 5.10 Å². The summed E-state index contributed by atoms with van der Waals surface area (Å²) >= 11 is 0. The first-order valence-electron chi connectivity index (χ1n) is 7.80. The van der Waals surface area contributed by atoms with Crippen molar-refractivity contribution in [2.75, 3.05) is 26.0 Å². The van der Waals surface area contributed by atoms with Gasteiger partial charge in [0.25, 0.3) is 0 Å². The highest BCUT2D eigenvalue weighted by atomic mass is 16.2. The minimum Gasteiger partial charge on any atom is -0.325 e. The number of hydrogen-bond donors (Lipinski definition) is 2. The Balaban J connectivity index is 2.00. The molecule has 1 amide bonds. The van der Waals surface area contributed by atoms with E-state index in [9.17, 15) is 4.79 Å². The first kappa shape index (κ1) is 16.1. The largest absolute Gasteiger partial charge is 0.325 e. The van der Waals surface area contributed by atoms with Crippen LogP contribution in [0.15, 0.2) is 30.6 Å². The van der Waals surface area contributed by atoms with E-state index >= 15 is 0 Å². The minimum atomic E-state index is -0.0249. The van der Waals surface area contributed by atoms with Crippen LogP contribution in [-0.4, -0.2) is 46.6 Å². The number of aromatic nitrogens is 3. The molecular formula is C18H21N5O. The van der Waals surface area contributed by atoms with Gasteiger partial charge in [-0.05, 0) is 57.3 Å². The van der Waals surface area contributed by atoms with E-state index in [1.54, 1.807) is 6.20 Å². The van der Waals surface area contributed by atoms with Crippen LogP contribution in [0.5, 0.6) is 0 Å². The van der Waals surface area contributed by atoms with E-state index in [0.29, 0.717) is 6.54 Å². The first-order valence-corrected chi connectivity index (χ1v) is 7.80. The standard InChI is InChI=1S/C18H21N5O/c1-11-5-16(13-8-19-20-9-13)21-17-6-12(2)15(7-14(11)17)22-18(24)10-23(3)4/h5-9H,10H2,1-4H3,(H,19,20)(H,22,24). The summed E-state index contributed by atoms with van der Waals surface area (Å²) in [4.78, 5) is 18.6. The molecule has 24 heavy (non-hydrogen) atoms. The van der Waals surface area contributed by atoms with Crippen molar-refractivity contribution in [1.82, 2.24) is 20.1 Å². The molecule has 6 nitrogen and oxygen atoms in total. The Kier molecular flexibility index (Phi) is 4.31. The Morgan fingerprint density at radius 3 is 2.67 bits per heavy atom. The molecule has 0 aliphatic rings. The number of carbonyl (C=O) groups excluding carboxylic acids is 1. The normalized spacial score (nSPS) is 11.2. The Bertz CT molecular complexity index is 884. The molecule has 3 aromatic rings. The van der Waals surface area contributed by atoms with Crippen LogP contribution >= 0.6 is 0 Å². The molecule has 0 aliphatic carbocycles. The molecule has 0 saturated carbocycles. The predicted molar refractivity (Wildman–Crippen MR) is 96.0 cm³/mol. The fourth-order valence-electron chi connectivity index (χ4n) is 2.70. The van der Waals surface area contributed by atoms with Crippen LogP contribution in [0, 0.1) is 13.8 Å². The van der Waals surface area contributed by atoms with Crippen LogP contribution in [0.3, 0.4) is 0 Å². The molecule has 2 N–H and O–H groups in total. The fraction of sp³-hybridized carbons (Fsp3) is 0.278. The number of hydrogen-bond acceptors (Lipinski definition) is 4. The van der Waals surface area contributed by atoms with E-state index in [-0.39, 0.29) is 5.91 Å². The Labute approximate surface area is 140 Å². The number of H-pyrrole nitrogens is 1. The number of likely N-dealkylation sites (N-methyl/N-ethyl adjacent to an activating group) is 1. The maximum Gasteiger partial charge on any atom is 0.238 e. The highest BCUT2D eigenvalue weighted by Crippen LogP contribution is 2.28. The number of anilines is 1. The molecule has 0 spiro atoms. The lowest BCUT2D eigenvalue weighted by molar-refractivity contribution is -0.116. The van der Waals surface area contributed by atoms with Gasteiger partial charge in [0.15, 0.2) is 0 Å². The minimum absolute atomic E-state index is 0.0249. The molecule has 6 heteroatoms. The van der Waals surface area contributed by atoms with Crippen LogP contribution in [-0.2, 0) is 4.79 Å². The van der Waals surface area contributed by atoms with Gasteiger partial charge >= 0.3 is 0 Å². The van der Waals surface area contributed by atoms with Crippen molar-refractivity contribution in [3.63, 3.8) is 0 Å². The molecule has 0 aliphatic heterocycles. The summed E-state index contributed by atoms with van der Waals surface area (Å²) in [6, 6.07) is 6.05. The quantitative estimate of drug-likeness (QED) is 0.774. The summed E-state index contributed by atoms with van der Waals surface area (Å²) in [5.41, 5.74) is 5.69. The van der Waals surface area contributed by atoms with Gasteiger partial charge in [-0.3, -0.25) is 9.89 Å². The van der Waals surface area contributed by atoms with Gasteiger partial charge < -0.3 is 10.2 Å². The molecule has 0 unspecified atom stereocenters. The number of amides is 1. The van der Waals surface area contributed by atoms with E-state index in [0.717, 1.165) is 39.0 Å². The van der Waals surface area contributed by atoms with E-state index in [1.807, 2.05) is 57.2 Å². The smallest absolute Gasteiger partial charge is 0.238 e. The average molecular weight is 323 g/mol. The maximum absolute atomic E-state index is 12.0. The highest BCUT2D eigenvalue weighted by Gasteiger charge is 2.11. The topological polar surface area (TPSA) is 73.9 Å². The van der Waals surface area contributed by atoms with Crippen molar-refractivity contribution >= 4 is 22.5 Å². The Morgan fingerprint density at radius 1 is 1.21 bits per heavy atom. The lowest BCUT2D eigenvalue weighted by Gasteiger charge is -2.14. The van der Waals surface area contributed by atoms with Crippen LogP contribution in [0.2, 0.25) is 0 Å². The number of benzene rings is 1. The predicted octanol–water partition coefficient (Wildman–Crippen LogP) is 2.74. The van der Waals surface area contributed by atoms with Crippen LogP contribution in [0.4, 0.5) is 5.69 Å².